The molecule has 0 bridgehead atoms. The standard InChI is InChI=1S/C21H24N2O6S/c1-3-27-17-8-10-19(11-9-17)30(25,26)23(14-18-6-4-12-28-18)15-21(24)22-16(2)20-7-5-13-29-20/h4-13,16H,3,14-15H2,1-2H3,(H,22,24). The third kappa shape index (κ3) is 5.31. The Bertz CT molecular complexity index is 1030. The first-order chi connectivity index (χ1) is 14.4. The minimum absolute atomic E-state index is 0.0596. The van der Waals surface area contributed by atoms with Crippen molar-refractivity contribution in [2.75, 3.05) is 13.2 Å². The van der Waals surface area contributed by atoms with Crippen LogP contribution in [0.3, 0.4) is 0 Å². The Morgan fingerprint density at radius 1 is 1.10 bits per heavy atom. The summed E-state index contributed by atoms with van der Waals surface area (Å²) in [4.78, 5) is 12.7. The minimum Gasteiger partial charge on any atom is -0.494 e. The molecular weight excluding hydrogens is 408 g/mol. The molecule has 0 spiro atoms. The van der Waals surface area contributed by atoms with Crippen LogP contribution in [-0.2, 0) is 21.4 Å². The fourth-order valence-corrected chi connectivity index (χ4v) is 4.24. The molecular formula is C21H24N2O6S. The number of nitrogens with zero attached hydrogens (tertiary/aromatic N) is 1. The third-order valence-electron chi connectivity index (χ3n) is 4.35. The number of sulfonamides is 1. The summed E-state index contributed by atoms with van der Waals surface area (Å²) in [6.45, 7) is 3.63. The van der Waals surface area contributed by atoms with E-state index in [-0.39, 0.29) is 18.0 Å². The smallest absolute Gasteiger partial charge is 0.243 e. The van der Waals surface area contributed by atoms with Gasteiger partial charge in [0.25, 0.3) is 0 Å². The monoisotopic (exact) mass is 432 g/mol. The van der Waals surface area contributed by atoms with Crippen LogP contribution in [0.15, 0.2) is 74.8 Å². The number of benzene rings is 1. The van der Waals surface area contributed by atoms with E-state index < -0.39 is 22.0 Å². The Morgan fingerprint density at radius 3 is 2.40 bits per heavy atom. The molecule has 1 aromatic carbocycles. The number of ether oxygens (including phenoxy) is 1. The van der Waals surface area contributed by atoms with Crippen LogP contribution < -0.4 is 10.1 Å². The molecule has 9 heteroatoms. The van der Waals surface area contributed by atoms with Crippen LogP contribution >= 0.6 is 0 Å². The summed E-state index contributed by atoms with van der Waals surface area (Å²) in [6, 6.07) is 12.5. The lowest BCUT2D eigenvalue weighted by Gasteiger charge is -2.22. The van der Waals surface area contributed by atoms with Gasteiger partial charge in [-0.05, 0) is 62.4 Å². The predicted molar refractivity (Wildman–Crippen MR) is 109 cm³/mol. The second-order valence-corrected chi connectivity index (χ2v) is 8.50. The van der Waals surface area contributed by atoms with E-state index in [0.29, 0.717) is 23.9 Å². The molecule has 3 rings (SSSR count). The molecule has 1 atom stereocenters. The van der Waals surface area contributed by atoms with Crippen LogP contribution in [0.25, 0.3) is 0 Å². The van der Waals surface area contributed by atoms with Gasteiger partial charge >= 0.3 is 0 Å². The minimum atomic E-state index is -3.96. The fourth-order valence-electron chi connectivity index (χ4n) is 2.88. The quantitative estimate of drug-likeness (QED) is 0.527. The van der Waals surface area contributed by atoms with Crippen molar-refractivity contribution in [3.05, 3.63) is 72.6 Å². The molecule has 0 aliphatic rings. The second kappa shape index (κ2) is 9.64. The molecule has 3 aromatic rings. The van der Waals surface area contributed by atoms with Crippen molar-refractivity contribution in [3.63, 3.8) is 0 Å². The molecule has 1 N–H and O–H groups in total. The molecule has 0 fully saturated rings. The molecule has 1 amide bonds. The number of carbonyl (C=O) groups excluding carboxylic acids is 1. The van der Waals surface area contributed by atoms with Crippen LogP contribution in [0.1, 0.15) is 31.4 Å². The zero-order valence-corrected chi connectivity index (χ0v) is 17.6. The van der Waals surface area contributed by atoms with E-state index in [1.54, 1.807) is 43.3 Å². The topological polar surface area (TPSA) is 102 Å². The highest BCUT2D eigenvalue weighted by atomic mass is 32.2. The van der Waals surface area contributed by atoms with Crippen molar-refractivity contribution in [1.82, 2.24) is 9.62 Å². The Kier molecular flexibility index (Phi) is 6.96. The van der Waals surface area contributed by atoms with Crippen LogP contribution in [0.2, 0.25) is 0 Å². The van der Waals surface area contributed by atoms with Gasteiger partial charge in [0.1, 0.15) is 17.3 Å². The van der Waals surface area contributed by atoms with Gasteiger partial charge in [-0.1, -0.05) is 0 Å². The molecule has 0 aliphatic carbocycles. The van der Waals surface area contributed by atoms with Gasteiger partial charge in [-0.2, -0.15) is 4.31 Å². The highest BCUT2D eigenvalue weighted by molar-refractivity contribution is 7.89. The summed E-state index contributed by atoms with van der Waals surface area (Å²) < 4.78 is 43.5. The largest absolute Gasteiger partial charge is 0.494 e. The number of hydrogen-bond donors (Lipinski definition) is 1. The molecule has 30 heavy (non-hydrogen) atoms. The zero-order chi connectivity index (χ0) is 21.6. The predicted octanol–water partition coefficient (Wildman–Crippen LogP) is 3.34. The normalized spacial score (nSPS) is 12.6. The fraction of sp³-hybridized carbons (Fsp3) is 0.286. The van der Waals surface area contributed by atoms with Crippen molar-refractivity contribution in [1.29, 1.82) is 0 Å². The van der Waals surface area contributed by atoms with Gasteiger partial charge in [-0.3, -0.25) is 4.79 Å². The highest BCUT2D eigenvalue weighted by Gasteiger charge is 2.28. The average molecular weight is 432 g/mol. The maximum atomic E-state index is 13.2. The highest BCUT2D eigenvalue weighted by Crippen LogP contribution is 2.22. The van der Waals surface area contributed by atoms with E-state index in [9.17, 15) is 13.2 Å². The van der Waals surface area contributed by atoms with E-state index in [0.717, 1.165) is 4.31 Å². The molecule has 2 heterocycles. The maximum absolute atomic E-state index is 13.2. The lowest BCUT2D eigenvalue weighted by Crippen LogP contribution is -2.41. The molecule has 8 nitrogen and oxygen atoms in total. The van der Waals surface area contributed by atoms with Gasteiger partial charge in [-0.15, -0.1) is 0 Å². The summed E-state index contributed by atoms with van der Waals surface area (Å²) in [7, 11) is -3.96. The number of hydrogen-bond acceptors (Lipinski definition) is 6. The molecule has 2 aromatic heterocycles. The molecule has 160 valence electrons. The summed E-state index contributed by atoms with van der Waals surface area (Å²) in [5, 5.41) is 2.75. The summed E-state index contributed by atoms with van der Waals surface area (Å²) >= 11 is 0. The molecule has 0 aliphatic heterocycles. The number of furan rings is 2. The van der Waals surface area contributed by atoms with Gasteiger partial charge in [0.2, 0.25) is 15.9 Å². The van der Waals surface area contributed by atoms with Crippen molar-refractivity contribution < 1.29 is 26.8 Å². The van der Waals surface area contributed by atoms with E-state index in [4.69, 9.17) is 13.6 Å². The van der Waals surface area contributed by atoms with Crippen molar-refractivity contribution in [2.45, 2.75) is 31.3 Å². The Morgan fingerprint density at radius 2 is 1.80 bits per heavy atom. The summed E-state index contributed by atoms with van der Waals surface area (Å²) in [5.41, 5.74) is 0. The first kappa shape index (κ1) is 21.7. The van der Waals surface area contributed by atoms with Crippen LogP contribution in [0, 0.1) is 0 Å². The van der Waals surface area contributed by atoms with Gasteiger partial charge in [-0.25, -0.2) is 8.42 Å². The maximum Gasteiger partial charge on any atom is 0.243 e. The first-order valence-corrected chi connectivity index (χ1v) is 10.9. The van der Waals surface area contributed by atoms with E-state index in [1.807, 2.05) is 6.92 Å². The summed E-state index contributed by atoms with van der Waals surface area (Å²) in [5.74, 6) is 1.12. The number of rotatable bonds is 10. The average Bonchev–Trinajstić information content (AvgIpc) is 3.42. The van der Waals surface area contributed by atoms with Crippen molar-refractivity contribution in [3.8, 4) is 5.75 Å². The van der Waals surface area contributed by atoms with Crippen LogP contribution in [0.4, 0.5) is 0 Å². The number of amides is 1. The zero-order valence-electron chi connectivity index (χ0n) is 16.8. The Labute approximate surface area is 175 Å². The third-order valence-corrected chi connectivity index (χ3v) is 6.16. The van der Waals surface area contributed by atoms with Crippen LogP contribution in [0.5, 0.6) is 5.75 Å². The van der Waals surface area contributed by atoms with E-state index in [1.165, 1.54) is 24.7 Å². The first-order valence-electron chi connectivity index (χ1n) is 9.48. The summed E-state index contributed by atoms with van der Waals surface area (Å²) in [6.07, 6.45) is 2.97. The van der Waals surface area contributed by atoms with Gasteiger partial charge in [0.05, 0.1) is 43.2 Å². The number of carbonyl (C=O) groups is 1. The van der Waals surface area contributed by atoms with Crippen molar-refractivity contribution in [2.24, 2.45) is 0 Å². The van der Waals surface area contributed by atoms with Crippen molar-refractivity contribution >= 4 is 15.9 Å². The van der Waals surface area contributed by atoms with E-state index in [2.05, 4.69) is 5.32 Å². The lowest BCUT2D eigenvalue weighted by molar-refractivity contribution is -0.122. The van der Waals surface area contributed by atoms with Gasteiger partial charge < -0.3 is 18.9 Å². The second-order valence-electron chi connectivity index (χ2n) is 6.56. The molecule has 1 unspecified atom stereocenters. The Balaban J connectivity index is 1.79. The van der Waals surface area contributed by atoms with Gasteiger partial charge in [0.15, 0.2) is 0 Å². The Hall–Kier alpha value is -3.04. The van der Waals surface area contributed by atoms with Crippen LogP contribution in [-0.4, -0.2) is 31.8 Å². The molecule has 0 saturated carbocycles. The number of nitrogens with one attached hydrogen (secondary N) is 1. The SMILES string of the molecule is CCOc1ccc(S(=O)(=O)N(CC(=O)NC(C)c2ccco2)Cc2ccco2)cc1. The lowest BCUT2D eigenvalue weighted by atomic mass is 10.2. The molecule has 0 saturated heterocycles. The van der Waals surface area contributed by atoms with Gasteiger partial charge in [0, 0.05) is 0 Å². The molecule has 0 radical (unpaired) electrons. The van der Waals surface area contributed by atoms with E-state index >= 15 is 0 Å².